The van der Waals surface area contributed by atoms with Crippen molar-refractivity contribution in [2.75, 3.05) is 30.9 Å². The minimum absolute atomic E-state index is 0.0596. The molecule has 0 radical (unpaired) electrons. The SMILES string of the molecule is CCCn1c(N)c(N(CCOC)C(=O)CCCc2nc3ccccc3c(=O)[nH]2)c(=O)[nH]c1=O. The fourth-order valence-corrected chi connectivity index (χ4v) is 3.62. The lowest BCUT2D eigenvalue weighted by molar-refractivity contribution is -0.118. The summed E-state index contributed by atoms with van der Waals surface area (Å²) < 4.78 is 6.33. The van der Waals surface area contributed by atoms with E-state index < -0.39 is 11.2 Å². The second kappa shape index (κ2) is 10.7. The summed E-state index contributed by atoms with van der Waals surface area (Å²) in [5, 5.41) is 0.500. The Morgan fingerprint density at radius 1 is 1.18 bits per heavy atom. The van der Waals surface area contributed by atoms with Crippen LogP contribution in [0.5, 0.6) is 0 Å². The van der Waals surface area contributed by atoms with E-state index in [0.29, 0.717) is 42.5 Å². The predicted molar refractivity (Wildman–Crippen MR) is 126 cm³/mol. The Hall–Kier alpha value is -3.73. The van der Waals surface area contributed by atoms with Crippen LogP contribution in [0, 0.1) is 0 Å². The van der Waals surface area contributed by atoms with Gasteiger partial charge in [-0.05, 0) is 25.0 Å². The van der Waals surface area contributed by atoms with Crippen molar-refractivity contribution in [1.82, 2.24) is 19.5 Å². The number of nitrogens with zero attached hydrogens (tertiary/aromatic N) is 3. The Kier molecular flexibility index (Phi) is 7.78. The van der Waals surface area contributed by atoms with Gasteiger partial charge in [-0.15, -0.1) is 0 Å². The van der Waals surface area contributed by atoms with Crippen LogP contribution in [0.25, 0.3) is 10.9 Å². The highest BCUT2D eigenvalue weighted by molar-refractivity contribution is 5.95. The maximum absolute atomic E-state index is 13.1. The number of carbonyl (C=O) groups is 1. The molecule has 0 aliphatic heterocycles. The lowest BCUT2D eigenvalue weighted by Gasteiger charge is -2.24. The number of para-hydroxylation sites is 1. The summed E-state index contributed by atoms with van der Waals surface area (Å²) in [7, 11) is 1.48. The molecule has 1 amide bonds. The molecular formula is C22H28N6O5. The van der Waals surface area contributed by atoms with Gasteiger partial charge in [-0.25, -0.2) is 9.78 Å². The summed E-state index contributed by atoms with van der Waals surface area (Å²) in [4.78, 5) is 60.6. The number of fused-ring (bicyclic) bond motifs is 1. The van der Waals surface area contributed by atoms with Gasteiger partial charge in [0.15, 0.2) is 5.69 Å². The van der Waals surface area contributed by atoms with Crippen LogP contribution < -0.4 is 27.4 Å². The van der Waals surface area contributed by atoms with E-state index in [0.717, 1.165) is 0 Å². The first kappa shape index (κ1) is 23.9. The fraction of sp³-hybridized carbons (Fsp3) is 0.409. The number of rotatable bonds is 10. The molecule has 0 bridgehead atoms. The van der Waals surface area contributed by atoms with Crippen molar-refractivity contribution in [3.05, 3.63) is 61.3 Å². The number of H-pyrrole nitrogens is 2. The standard InChI is InChI=1S/C22H28N6O5/c1-3-11-28-19(23)18(21(31)26-22(28)32)27(12-13-33-2)17(29)10-6-9-16-24-15-8-5-4-7-14(15)20(30)25-16/h4-5,7-8H,3,6,9-13,23H2,1-2H3,(H,24,25,30)(H,26,31,32). The maximum atomic E-state index is 13.1. The van der Waals surface area contributed by atoms with Crippen LogP contribution in [0.4, 0.5) is 11.5 Å². The van der Waals surface area contributed by atoms with Gasteiger partial charge in [0.25, 0.3) is 11.1 Å². The van der Waals surface area contributed by atoms with Crippen molar-refractivity contribution >= 4 is 28.3 Å². The van der Waals surface area contributed by atoms with Gasteiger partial charge in [0.1, 0.15) is 11.6 Å². The molecule has 11 heteroatoms. The Bertz CT molecular complexity index is 1310. The molecule has 0 aliphatic carbocycles. The molecule has 0 atom stereocenters. The number of hydrogen-bond donors (Lipinski definition) is 3. The van der Waals surface area contributed by atoms with E-state index in [4.69, 9.17) is 10.5 Å². The van der Waals surface area contributed by atoms with Gasteiger partial charge in [0.2, 0.25) is 5.91 Å². The number of hydrogen-bond acceptors (Lipinski definition) is 7. The average Bonchev–Trinajstić information content (AvgIpc) is 2.78. The van der Waals surface area contributed by atoms with Gasteiger partial charge in [-0.1, -0.05) is 19.1 Å². The third kappa shape index (κ3) is 5.37. The van der Waals surface area contributed by atoms with Crippen LogP contribution in [-0.2, 0) is 22.5 Å². The normalized spacial score (nSPS) is 11.1. The number of aromatic amines is 2. The molecule has 2 aromatic heterocycles. The van der Waals surface area contributed by atoms with Crippen molar-refractivity contribution in [2.45, 2.75) is 39.2 Å². The van der Waals surface area contributed by atoms with E-state index >= 15 is 0 Å². The zero-order chi connectivity index (χ0) is 24.0. The lowest BCUT2D eigenvalue weighted by atomic mass is 10.2. The van der Waals surface area contributed by atoms with Crippen LogP contribution in [-0.4, -0.2) is 45.7 Å². The third-order valence-electron chi connectivity index (χ3n) is 5.22. The molecule has 3 aromatic rings. The summed E-state index contributed by atoms with van der Waals surface area (Å²) in [6, 6.07) is 7.02. The number of amides is 1. The molecule has 0 spiro atoms. The molecular weight excluding hydrogens is 428 g/mol. The smallest absolute Gasteiger partial charge is 0.330 e. The fourth-order valence-electron chi connectivity index (χ4n) is 3.62. The minimum Gasteiger partial charge on any atom is -0.383 e. The Morgan fingerprint density at radius 3 is 2.67 bits per heavy atom. The van der Waals surface area contributed by atoms with E-state index in [1.807, 2.05) is 6.92 Å². The quantitative estimate of drug-likeness (QED) is 0.407. The highest BCUT2D eigenvalue weighted by Crippen LogP contribution is 2.18. The zero-order valence-electron chi connectivity index (χ0n) is 18.7. The van der Waals surface area contributed by atoms with Gasteiger partial charge in [0, 0.05) is 33.0 Å². The molecule has 0 unspecified atom stereocenters. The first-order valence-corrected chi connectivity index (χ1v) is 10.8. The number of nitrogen functional groups attached to an aromatic ring is 1. The topological polar surface area (TPSA) is 156 Å². The number of carbonyl (C=O) groups excluding carboxylic acids is 1. The number of anilines is 2. The van der Waals surface area contributed by atoms with E-state index in [1.165, 1.54) is 16.6 Å². The average molecular weight is 457 g/mol. The van der Waals surface area contributed by atoms with Gasteiger partial charge >= 0.3 is 5.69 Å². The van der Waals surface area contributed by atoms with E-state index in [1.54, 1.807) is 24.3 Å². The molecule has 4 N–H and O–H groups in total. The molecule has 176 valence electrons. The van der Waals surface area contributed by atoms with Crippen molar-refractivity contribution in [2.24, 2.45) is 0 Å². The lowest BCUT2D eigenvalue weighted by Crippen LogP contribution is -2.42. The molecule has 11 nitrogen and oxygen atoms in total. The Balaban J connectivity index is 1.81. The second-order valence-electron chi connectivity index (χ2n) is 7.57. The van der Waals surface area contributed by atoms with Crippen LogP contribution in [0.1, 0.15) is 32.0 Å². The molecule has 0 aliphatic rings. The number of aryl methyl sites for hydroxylation is 1. The summed E-state index contributed by atoms with van der Waals surface area (Å²) in [6.45, 7) is 2.45. The zero-order valence-corrected chi connectivity index (χ0v) is 18.7. The van der Waals surface area contributed by atoms with Gasteiger partial charge in [-0.3, -0.25) is 23.9 Å². The van der Waals surface area contributed by atoms with Crippen molar-refractivity contribution in [3.8, 4) is 0 Å². The predicted octanol–water partition coefficient (Wildman–Crippen LogP) is 0.768. The molecule has 0 saturated carbocycles. The first-order valence-electron chi connectivity index (χ1n) is 10.8. The third-order valence-corrected chi connectivity index (χ3v) is 5.22. The number of nitrogens with two attached hydrogens (primary N) is 1. The van der Waals surface area contributed by atoms with Gasteiger partial charge < -0.3 is 20.4 Å². The van der Waals surface area contributed by atoms with Crippen LogP contribution in [0.15, 0.2) is 38.6 Å². The Labute approximate surface area is 189 Å². The van der Waals surface area contributed by atoms with E-state index in [2.05, 4.69) is 15.0 Å². The monoisotopic (exact) mass is 456 g/mol. The Morgan fingerprint density at radius 2 is 1.94 bits per heavy atom. The number of benzene rings is 1. The maximum Gasteiger partial charge on any atom is 0.330 e. The van der Waals surface area contributed by atoms with E-state index in [9.17, 15) is 19.2 Å². The van der Waals surface area contributed by atoms with Crippen LogP contribution >= 0.6 is 0 Å². The number of aromatic nitrogens is 4. The number of methoxy groups -OCH3 is 1. The first-order chi connectivity index (χ1) is 15.9. The minimum atomic E-state index is -0.727. The van der Waals surface area contributed by atoms with Crippen molar-refractivity contribution in [1.29, 1.82) is 0 Å². The number of ether oxygens (including phenoxy) is 1. The molecule has 3 rings (SSSR count). The summed E-state index contributed by atoms with van der Waals surface area (Å²) in [5.74, 6) is 0.0634. The van der Waals surface area contributed by atoms with Crippen molar-refractivity contribution in [3.63, 3.8) is 0 Å². The summed E-state index contributed by atoms with van der Waals surface area (Å²) >= 11 is 0. The number of nitrogens with one attached hydrogen (secondary N) is 2. The van der Waals surface area contributed by atoms with Crippen LogP contribution in [0.3, 0.4) is 0 Å². The van der Waals surface area contributed by atoms with Crippen LogP contribution in [0.2, 0.25) is 0 Å². The van der Waals surface area contributed by atoms with Gasteiger partial charge in [-0.2, -0.15) is 0 Å². The van der Waals surface area contributed by atoms with Crippen molar-refractivity contribution < 1.29 is 9.53 Å². The molecule has 0 fully saturated rings. The second-order valence-corrected chi connectivity index (χ2v) is 7.57. The highest BCUT2D eigenvalue weighted by Gasteiger charge is 2.23. The molecule has 1 aromatic carbocycles. The van der Waals surface area contributed by atoms with E-state index in [-0.39, 0.29) is 42.5 Å². The highest BCUT2D eigenvalue weighted by atomic mass is 16.5. The molecule has 0 saturated heterocycles. The summed E-state index contributed by atoms with van der Waals surface area (Å²) in [5.41, 5.74) is 5.07. The van der Waals surface area contributed by atoms with Gasteiger partial charge in [0.05, 0.1) is 17.5 Å². The molecule has 33 heavy (non-hydrogen) atoms. The molecule has 2 heterocycles. The largest absolute Gasteiger partial charge is 0.383 e. The summed E-state index contributed by atoms with van der Waals surface area (Å²) in [6.07, 6.45) is 1.45.